The van der Waals surface area contributed by atoms with E-state index in [1.165, 1.54) is 44.3 Å². The van der Waals surface area contributed by atoms with Gasteiger partial charge in [0.05, 0.1) is 0 Å². The molecule has 17 heavy (non-hydrogen) atoms. The Kier molecular flexibility index (Phi) is 3.44. The second-order valence-corrected chi connectivity index (χ2v) is 5.50. The zero-order chi connectivity index (χ0) is 11.5. The third-order valence-corrected chi connectivity index (χ3v) is 4.10. The lowest BCUT2D eigenvalue weighted by molar-refractivity contribution is 0.282. The Morgan fingerprint density at radius 3 is 2.59 bits per heavy atom. The molecule has 1 aromatic carbocycles. The van der Waals surface area contributed by atoms with Gasteiger partial charge in [-0.1, -0.05) is 36.8 Å². The minimum atomic E-state index is 0.740. The first-order chi connectivity index (χ1) is 8.40. The monoisotopic (exact) mass is 230 g/mol. The van der Waals surface area contributed by atoms with Gasteiger partial charge < -0.3 is 5.32 Å². The van der Waals surface area contributed by atoms with E-state index < -0.39 is 0 Å². The fraction of sp³-hybridized carbons (Fsp3) is 0.600. The lowest BCUT2D eigenvalue weighted by Crippen LogP contribution is -2.43. The van der Waals surface area contributed by atoms with Gasteiger partial charge in [0, 0.05) is 31.7 Å². The van der Waals surface area contributed by atoms with Crippen molar-refractivity contribution in [1.82, 2.24) is 10.2 Å². The molecule has 1 unspecified atom stereocenters. The minimum Gasteiger partial charge on any atom is -0.310 e. The number of rotatable bonds is 4. The van der Waals surface area contributed by atoms with Crippen LogP contribution in [0.4, 0.5) is 0 Å². The van der Waals surface area contributed by atoms with E-state index in [1.807, 2.05) is 0 Å². The molecule has 1 aliphatic carbocycles. The van der Waals surface area contributed by atoms with E-state index in [9.17, 15) is 0 Å². The summed E-state index contributed by atoms with van der Waals surface area (Å²) >= 11 is 0. The fourth-order valence-corrected chi connectivity index (χ4v) is 2.86. The average Bonchev–Trinajstić information content (AvgIpc) is 2.73. The van der Waals surface area contributed by atoms with Crippen LogP contribution in [-0.4, -0.2) is 30.1 Å². The Morgan fingerprint density at radius 1 is 1.06 bits per heavy atom. The van der Waals surface area contributed by atoms with Gasteiger partial charge in [-0.05, 0) is 24.8 Å². The molecular formula is C15H22N2. The van der Waals surface area contributed by atoms with Crippen LogP contribution >= 0.6 is 0 Å². The van der Waals surface area contributed by atoms with Gasteiger partial charge in [-0.2, -0.15) is 0 Å². The molecule has 92 valence electrons. The Labute approximate surface area is 104 Å². The van der Waals surface area contributed by atoms with Gasteiger partial charge in [-0.25, -0.2) is 0 Å². The van der Waals surface area contributed by atoms with Crippen LogP contribution in [-0.2, 0) is 6.54 Å². The Balaban J connectivity index is 1.47. The van der Waals surface area contributed by atoms with E-state index >= 15 is 0 Å². The van der Waals surface area contributed by atoms with Crippen LogP contribution < -0.4 is 5.32 Å². The van der Waals surface area contributed by atoms with Crippen LogP contribution in [0.3, 0.4) is 0 Å². The van der Waals surface area contributed by atoms with Crippen molar-refractivity contribution in [3.8, 4) is 0 Å². The quantitative estimate of drug-likeness (QED) is 0.854. The van der Waals surface area contributed by atoms with Crippen LogP contribution in [0.2, 0.25) is 0 Å². The number of likely N-dealkylation sites (tertiary alicyclic amines) is 1. The zero-order valence-corrected chi connectivity index (χ0v) is 10.4. The lowest BCUT2D eigenvalue weighted by atomic mass is 9.92. The van der Waals surface area contributed by atoms with Gasteiger partial charge in [-0.3, -0.25) is 4.90 Å². The van der Waals surface area contributed by atoms with E-state index in [1.54, 1.807) is 0 Å². The number of nitrogens with one attached hydrogen (secondary N) is 1. The maximum Gasteiger partial charge on any atom is 0.0234 e. The molecule has 1 aliphatic heterocycles. The summed E-state index contributed by atoms with van der Waals surface area (Å²) in [5, 5.41) is 3.79. The molecule has 1 heterocycles. The molecule has 3 rings (SSSR count). The van der Waals surface area contributed by atoms with Crippen molar-refractivity contribution in [1.29, 1.82) is 0 Å². The van der Waals surface area contributed by atoms with Crippen molar-refractivity contribution in [3.63, 3.8) is 0 Å². The molecule has 1 saturated heterocycles. The molecule has 1 aromatic rings. The molecule has 0 bridgehead atoms. The number of hydrogen-bond acceptors (Lipinski definition) is 2. The molecule has 2 heteroatoms. The van der Waals surface area contributed by atoms with E-state index in [-0.39, 0.29) is 0 Å². The van der Waals surface area contributed by atoms with Crippen molar-refractivity contribution in [2.24, 2.45) is 0 Å². The van der Waals surface area contributed by atoms with E-state index in [4.69, 9.17) is 0 Å². The van der Waals surface area contributed by atoms with Crippen LogP contribution in [0, 0.1) is 0 Å². The zero-order valence-electron chi connectivity index (χ0n) is 10.4. The smallest absolute Gasteiger partial charge is 0.0234 e. The normalized spacial score (nSPS) is 26.0. The summed E-state index contributed by atoms with van der Waals surface area (Å²) < 4.78 is 0. The van der Waals surface area contributed by atoms with Crippen LogP contribution in [0.5, 0.6) is 0 Å². The van der Waals surface area contributed by atoms with Crippen molar-refractivity contribution < 1.29 is 0 Å². The summed E-state index contributed by atoms with van der Waals surface area (Å²) in [6.45, 7) is 3.59. The molecule has 1 saturated carbocycles. The molecule has 1 N–H and O–H groups in total. The molecule has 2 fully saturated rings. The first kappa shape index (κ1) is 11.2. The van der Waals surface area contributed by atoms with Gasteiger partial charge in [0.1, 0.15) is 0 Å². The molecule has 2 nitrogen and oxygen atoms in total. The van der Waals surface area contributed by atoms with E-state index in [2.05, 4.69) is 40.5 Å². The highest BCUT2D eigenvalue weighted by molar-refractivity contribution is 5.14. The fourth-order valence-electron chi connectivity index (χ4n) is 2.86. The largest absolute Gasteiger partial charge is 0.310 e. The van der Waals surface area contributed by atoms with E-state index in [0.717, 1.165) is 18.6 Å². The molecule has 2 aliphatic rings. The lowest BCUT2D eigenvalue weighted by Gasteiger charge is -2.30. The molecule has 0 spiro atoms. The summed E-state index contributed by atoms with van der Waals surface area (Å²) in [5.74, 6) is 0. The summed E-state index contributed by atoms with van der Waals surface area (Å²) in [5.41, 5.74) is 1.44. The van der Waals surface area contributed by atoms with Crippen molar-refractivity contribution in [2.45, 2.75) is 44.3 Å². The Bertz CT molecular complexity index is 345. The average molecular weight is 230 g/mol. The Hall–Kier alpha value is -0.860. The summed E-state index contributed by atoms with van der Waals surface area (Å²) in [6, 6.07) is 12.4. The van der Waals surface area contributed by atoms with Crippen molar-refractivity contribution in [2.75, 3.05) is 13.1 Å². The Morgan fingerprint density at radius 2 is 1.88 bits per heavy atom. The maximum absolute atomic E-state index is 3.79. The predicted molar refractivity (Wildman–Crippen MR) is 70.9 cm³/mol. The van der Waals surface area contributed by atoms with Gasteiger partial charge in [-0.15, -0.1) is 0 Å². The summed E-state index contributed by atoms with van der Waals surface area (Å²) in [7, 11) is 0. The SMILES string of the molecule is c1ccc(CN2CCC(NC3CCC3)C2)cc1. The third-order valence-electron chi connectivity index (χ3n) is 4.10. The van der Waals surface area contributed by atoms with Crippen LogP contribution in [0.25, 0.3) is 0 Å². The minimum absolute atomic E-state index is 0.740. The summed E-state index contributed by atoms with van der Waals surface area (Å²) in [6.07, 6.45) is 5.55. The molecule has 1 atom stereocenters. The highest BCUT2D eigenvalue weighted by atomic mass is 15.2. The predicted octanol–water partition coefficient (Wildman–Crippen LogP) is 2.40. The standard InChI is InChI=1S/C15H22N2/c1-2-5-13(6-3-1)11-17-10-9-15(12-17)16-14-7-4-8-14/h1-3,5-6,14-16H,4,7-12H2. The summed E-state index contributed by atoms with van der Waals surface area (Å²) in [4.78, 5) is 2.58. The van der Waals surface area contributed by atoms with E-state index in [0.29, 0.717) is 0 Å². The molecule has 0 aromatic heterocycles. The highest BCUT2D eigenvalue weighted by Crippen LogP contribution is 2.21. The van der Waals surface area contributed by atoms with Crippen LogP contribution in [0.1, 0.15) is 31.2 Å². The van der Waals surface area contributed by atoms with Gasteiger partial charge in [0.15, 0.2) is 0 Å². The highest BCUT2D eigenvalue weighted by Gasteiger charge is 2.26. The first-order valence-corrected chi connectivity index (χ1v) is 6.92. The number of nitrogens with zero attached hydrogens (tertiary/aromatic N) is 1. The maximum atomic E-state index is 3.79. The third kappa shape index (κ3) is 2.88. The number of hydrogen-bond donors (Lipinski definition) is 1. The van der Waals surface area contributed by atoms with Gasteiger partial charge in [0.25, 0.3) is 0 Å². The first-order valence-electron chi connectivity index (χ1n) is 6.92. The molecular weight excluding hydrogens is 208 g/mol. The van der Waals surface area contributed by atoms with Crippen molar-refractivity contribution in [3.05, 3.63) is 35.9 Å². The van der Waals surface area contributed by atoms with Gasteiger partial charge in [0.2, 0.25) is 0 Å². The topological polar surface area (TPSA) is 15.3 Å². The second-order valence-electron chi connectivity index (χ2n) is 5.50. The molecule has 0 radical (unpaired) electrons. The van der Waals surface area contributed by atoms with Gasteiger partial charge >= 0.3 is 0 Å². The number of benzene rings is 1. The van der Waals surface area contributed by atoms with Crippen LogP contribution in [0.15, 0.2) is 30.3 Å². The second kappa shape index (κ2) is 5.19. The molecule has 0 amide bonds. The van der Waals surface area contributed by atoms with Crippen molar-refractivity contribution >= 4 is 0 Å².